The third kappa shape index (κ3) is 3.31. The van der Waals surface area contributed by atoms with Crippen molar-refractivity contribution in [1.29, 1.82) is 0 Å². The van der Waals surface area contributed by atoms with Crippen molar-refractivity contribution in [3.05, 3.63) is 28.2 Å². The van der Waals surface area contributed by atoms with E-state index < -0.39 is 5.97 Å². The van der Waals surface area contributed by atoms with Gasteiger partial charge in [0.05, 0.1) is 13.1 Å². The van der Waals surface area contributed by atoms with Gasteiger partial charge in [-0.2, -0.15) is 0 Å². The van der Waals surface area contributed by atoms with E-state index >= 15 is 0 Å². The number of hydrogen-bond donors (Lipinski definition) is 0. The summed E-state index contributed by atoms with van der Waals surface area (Å²) in [4.78, 5) is 10.4. The average molecular weight is 253 g/mol. The number of rotatable bonds is 2. The van der Waals surface area contributed by atoms with Crippen molar-refractivity contribution in [3.63, 3.8) is 0 Å². The van der Waals surface area contributed by atoms with Gasteiger partial charge in [0.1, 0.15) is 5.75 Å². The summed E-state index contributed by atoms with van der Waals surface area (Å²) in [5.74, 6) is -0.601. The fourth-order valence-corrected chi connectivity index (χ4v) is 1.31. The molecule has 0 aliphatic carbocycles. The number of carboxylic acid groups (broad SMARTS) is 1. The molecule has 0 aromatic heterocycles. The molecule has 0 spiro atoms. The van der Waals surface area contributed by atoms with Gasteiger partial charge in [0.25, 0.3) is 0 Å². The van der Waals surface area contributed by atoms with Crippen LogP contribution in [0.2, 0.25) is 0 Å². The SMILES string of the molecule is COc1ccc(C(=O)[O-])c(Br)c1.[Na+]. The second-order valence-corrected chi connectivity index (χ2v) is 2.99. The first-order valence-corrected chi connectivity index (χ1v) is 3.99. The van der Waals surface area contributed by atoms with Crippen LogP contribution in [0.4, 0.5) is 0 Å². The standard InChI is InChI=1S/C8H7BrO3.Na/c1-12-5-2-3-6(8(10)11)7(9)4-5;/h2-4H,1H3,(H,10,11);/q;+1/p-1. The van der Waals surface area contributed by atoms with Crippen LogP contribution in [-0.2, 0) is 0 Å². The maximum Gasteiger partial charge on any atom is 1.00 e. The Kier molecular flexibility index (Phi) is 5.64. The van der Waals surface area contributed by atoms with Crippen molar-refractivity contribution < 1.29 is 44.2 Å². The molecule has 0 saturated carbocycles. The topological polar surface area (TPSA) is 49.4 Å². The summed E-state index contributed by atoms with van der Waals surface area (Å²) in [5.41, 5.74) is 0.121. The van der Waals surface area contributed by atoms with Crippen LogP contribution in [0.3, 0.4) is 0 Å². The van der Waals surface area contributed by atoms with Crippen LogP contribution in [0, 0.1) is 0 Å². The van der Waals surface area contributed by atoms with E-state index in [9.17, 15) is 9.90 Å². The molecule has 0 unspecified atom stereocenters. The summed E-state index contributed by atoms with van der Waals surface area (Å²) >= 11 is 3.09. The van der Waals surface area contributed by atoms with Crippen molar-refractivity contribution in [1.82, 2.24) is 0 Å². The van der Waals surface area contributed by atoms with Gasteiger partial charge in [0, 0.05) is 10.0 Å². The molecule has 0 atom stereocenters. The van der Waals surface area contributed by atoms with E-state index in [0.29, 0.717) is 10.2 Å². The van der Waals surface area contributed by atoms with Crippen molar-refractivity contribution in [2.75, 3.05) is 7.11 Å². The molecule has 0 radical (unpaired) electrons. The largest absolute Gasteiger partial charge is 1.00 e. The number of aromatic carboxylic acids is 1. The minimum absolute atomic E-state index is 0. The molecule has 1 aromatic carbocycles. The molecular formula is C8H6BrNaO3. The summed E-state index contributed by atoms with van der Waals surface area (Å²) in [6.07, 6.45) is 0. The summed E-state index contributed by atoms with van der Waals surface area (Å²) in [5, 5.41) is 10.4. The van der Waals surface area contributed by atoms with Gasteiger partial charge in [0.15, 0.2) is 0 Å². The van der Waals surface area contributed by atoms with Crippen molar-refractivity contribution in [2.24, 2.45) is 0 Å². The Morgan fingerprint density at radius 1 is 1.54 bits per heavy atom. The zero-order chi connectivity index (χ0) is 9.14. The second kappa shape index (κ2) is 5.65. The van der Waals surface area contributed by atoms with Gasteiger partial charge in [-0.25, -0.2) is 0 Å². The molecular weight excluding hydrogens is 247 g/mol. The Balaban J connectivity index is 0.00000144. The number of benzene rings is 1. The van der Waals surface area contributed by atoms with E-state index in [-0.39, 0.29) is 35.1 Å². The maximum atomic E-state index is 10.4. The minimum Gasteiger partial charge on any atom is -0.545 e. The number of halogens is 1. The number of hydrogen-bond acceptors (Lipinski definition) is 3. The zero-order valence-corrected chi connectivity index (χ0v) is 10.9. The van der Waals surface area contributed by atoms with E-state index in [2.05, 4.69) is 15.9 Å². The molecule has 0 saturated heterocycles. The Morgan fingerprint density at radius 3 is 2.54 bits per heavy atom. The molecule has 0 aliphatic heterocycles. The van der Waals surface area contributed by atoms with Crippen LogP contribution >= 0.6 is 15.9 Å². The fourth-order valence-electron chi connectivity index (χ4n) is 0.788. The molecule has 1 rings (SSSR count). The van der Waals surface area contributed by atoms with Crippen LogP contribution in [-0.4, -0.2) is 13.1 Å². The van der Waals surface area contributed by atoms with E-state index in [1.807, 2.05) is 0 Å². The van der Waals surface area contributed by atoms with Crippen LogP contribution in [0.25, 0.3) is 0 Å². The third-order valence-corrected chi connectivity index (χ3v) is 2.05. The van der Waals surface area contributed by atoms with Gasteiger partial charge in [-0.15, -0.1) is 0 Å². The Hall–Kier alpha value is -0.0300. The zero-order valence-electron chi connectivity index (χ0n) is 7.33. The predicted molar refractivity (Wildman–Crippen MR) is 45.0 cm³/mol. The summed E-state index contributed by atoms with van der Waals surface area (Å²) in [6, 6.07) is 4.57. The smallest absolute Gasteiger partial charge is 0.545 e. The van der Waals surface area contributed by atoms with Crippen LogP contribution in [0.5, 0.6) is 5.75 Å². The molecule has 5 heteroatoms. The van der Waals surface area contributed by atoms with Gasteiger partial charge in [0.2, 0.25) is 0 Å². The van der Waals surface area contributed by atoms with Crippen molar-refractivity contribution >= 4 is 21.9 Å². The molecule has 64 valence electrons. The molecule has 0 aliphatic rings. The third-order valence-electron chi connectivity index (χ3n) is 1.40. The van der Waals surface area contributed by atoms with Crippen molar-refractivity contribution in [3.8, 4) is 5.75 Å². The molecule has 0 bridgehead atoms. The Bertz CT molecular complexity index is 314. The van der Waals surface area contributed by atoms with Gasteiger partial charge < -0.3 is 14.6 Å². The number of methoxy groups -OCH3 is 1. The van der Waals surface area contributed by atoms with E-state index in [1.165, 1.54) is 13.2 Å². The average Bonchev–Trinajstić information content (AvgIpc) is 2.03. The first-order chi connectivity index (χ1) is 5.65. The monoisotopic (exact) mass is 252 g/mol. The molecule has 0 N–H and O–H groups in total. The normalized spacial score (nSPS) is 8.77. The molecule has 13 heavy (non-hydrogen) atoms. The van der Waals surface area contributed by atoms with Gasteiger partial charge in [-0.1, -0.05) is 0 Å². The van der Waals surface area contributed by atoms with Crippen molar-refractivity contribution in [2.45, 2.75) is 0 Å². The van der Waals surface area contributed by atoms with Crippen LogP contribution < -0.4 is 39.4 Å². The molecule has 3 nitrogen and oxygen atoms in total. The van der Waals surface area contributed by atoms with Gasteiger partial charge in [-0.05, 0) is 34.1 Å². The van der Waals surface area contributed by atoms with E-state index in [1.54, 1.807) is 12.1 Å². The number of ether oxygens (including phenoxy) is 1. The first kappa shape index (κ1) is 13.0. The number of carbonyl (C=O) groups is 1. The fraction of sp³-hybridized carbons (Fsp3) is 0.125. The summed E-state index contributed by atoms with van der Waals surface area (Å²) in [6.45, 7) is 0. The Labute approximate surface area is 107 Å². The number of carboxylic acids is 1. The molecule has 1 aromatic rings. The first-order valence-electron chi connectivity index (χ1n) is 3.20. The summed E-state index contributed by atoms with van der Waals surface area (Å²) < 4.78 is 5.35. The van der Waals surface area contributed by atoms with Gasteiger partial charge in [-0.3, -0.25) is 0 Å². The quantitative estimate of drug-likeness (QED) is 0.563. The van der Waals surface area contributed by atoms with Gasteiger partial charge >= 0.3 is 29.6 Å². The molecule has 0 amide bonds. The minimum atomic E-state index is -1.20. The van der Waals surface area contributed by atoms with Crippen LogP contribution in [0.15, 0.2) is 22.7 Å². The predicted octanol–water partition coefficient (Wildman–Crippen LogP) is -2.17. The Morgan fingerprint density at radius 2 is 2.15 bits per heavy atom. The number of carbonyl (C=O) groups excluding carboxylic acids is 1. The second-order valence-electron chi connectivity index (χ2n) is 2.13. The maximum absolute atomic E-state index is 10.4. The van der Waals surface area contributed by atoms with E-state index in [0.717, 1.165) is 0 Å². The van der Waals surface area contributed by atoms with Crippen LogP contribution in [0.1, 0.15) is 10.4 Å². The molecule has 0 heterocycles. The summed E-state index contributed by atoms with van der Waals surface area (Å²) in [7, 11) is 1.51. The van der Waals surface area contributed by atoms with E-state index in [4.69, 9.17) is 4.74 Å². The molecule has 0 fully saturated rings.